The third kappa shape index (κ3) is 8.82. The molecule has 0 aromatic heterocycles. The highest BCUT2D eigenvalue weighted by atomic mass is 28.3. The molecule has 1 aromatic rings. The van der Waals surface area contributed by atoms with Gasteiger partial charge in [0.05, 0.1) is 8.07 Å². The lowest BCUT2D eigenvalue weighted by Gasteiger charge is -2.38. The molecule has 208 valence electrons. The summed E-state index contributed by atoms with van der Waals surface area (Å²) in [5.74, 6) is 3.19. The topological polar surface area (TPSA) is 46.5 Å². The summed E-state index contributed by atoms with van der Waals surface area (Å²) in [5, 5.41) is 10.8. The number of rotatable bonds is 13. The van der Waals surface area contributed by atoms with Crippen LogP contribution < -0.4 is 5.19 Å². The van der Waals surface area contributed by atoms with Gasteiger partial charge in [0.15, 0.2) is 0 Å². The number of carbonyl (C=O) groups excluding carboxylic acids is 1. The lowest BCUT2D eigenvalue weighted by molar-refractivity contribution is -0.140. The monoisotopic (exact) mass is 526 g/mol. The van der Waals surface area contributed by atoms with Gasteiger partial charge in [-0.15, -0.1) is 0 Å². The van der Waals surface area contributed by atoms with Crippen molar-refractivity contribution in [1.82, 2.24) is 0 Å². The highest BCUT2D eigenvalue weighted by Gasteiger charge is 2.32. The van der Waals surface area contributed by atoms with Gasteiger partial charge in [0.2, 0.25) is 0 Å². The van der Waals surface area contributed by atoms with Crippen molar-refractivity contribution in [2.75, 3.05) is 6.61 Å². The zero-order valence-electron chi connectivity index (χ0n) is 24.3. The Hall–Kier alpha value is -1.39. The predicted octanol–water partition coefficient (Wildman–Crippen LogP) is 8.26. The average Bonchev–Trinajstić information content (AvgIpc) is 2.91. The van der Waals surface area contributed by atoms with E-state index in [0.717, 1.165) is 30.2 Å². The van der Waals surface area contributed by atoms with Gasteiger partial charge in [0, 0.05) is 12.2 Å². The van der Waals surface area contributed by atoms with Crippen LogP contribution in [0.2, 0.25) is 19.1 Å². The van der Waals surface area contributed by atoms with Crippen LogP contribution in [0.4, 0.5) is 0 Å². The van der Waals surface area contributed by atoms with Gasteiger partial charge in [-0.25, -0.2) is 4.79 Å². The number of esters is 1. The van der Waals surface area contributed by atoms with Crippen LogP contribution in [0.15, 0.2) is 30.4 Å². The van der Waals surface area contributed by atoms with Crippen molar-refractivity contribution >= 4 is 19.2 Å². The van der Waals surface area contributed by atoms with E-state index in [4.69, 9.17) is 4.74 Å². The summed E-state index contributed by atoms with van der Waals surface area (Å²) >= 11 is 0. The van der Waals surface area contributed by atoms with E-state index < -0.39 is 8.07 Å². The van der Waals surface area contributed by atoms with Crippen molar-refractivity contribution in [3.8, 4) is 0 Å². The number of hydrogen-bond donors (Lipinski definition) is 1. The zero-order valence-corrected chi connectivity index (χ0v) is 25.3. The van der Waals surface area contributed by atoms with Crippen LogP contribution in [0.5, 0.6) is 0 Å². The first kappa shape index (κ1) is 30.2. The second-order valence-electron chi connectivity index (χ2n) is 12.9. The Kier molecular flexibility index (Phi) is 12.0. The number of carbonyl (C=O) groups is 1. The Labute approximate surface area is 228 Å². The van der Waals surface area contributed by atoms with Crippen LogP contribution in [0.25, 0.3) is 0 Å². The van der Waals surface area contributed by atoms with E-state index in [0.29, 0.717) is 18.1 Å². The lowest BCUT2D eigenvalue weighted by Crippen LogP contribution is -2.44. The first-order valence-corrected chi connectivity index (χ1v) is 18.5. The molecule has 0 heterocycles. The molecule has 0 saturated heterocycles. The molecule has 0 spiro atoms. The van der Waals surface area contributed by atoms with E-state index in [1.54, 1.807) is 6.92 Å². The average molecular weight is 527 g/mol. The third-order valence-electron chi connectivity index (χ3n) is 9.54. The number of ether oxygens (including phenoxy) is 1. The molecule has 2 aliphatic rings. The first-order valence-electron chi connectivity index (χ1n) is 15.3. The standard InChI is InChI=1S/C33H54O3Si/c1-6-7-8-10-26-11-13-27(14-12-26)28-15-17-29(18-16-28)30-19-20-32(37(4,5)22-9-21-34)31(23-30)24-36-33(35)25(2)3/h19-20,23,26-29,34H,2,6-18,21-22,24H2,1,3-5H3. The highest BCUT2D eigenvalue weighted by Crippen LogP contribution is 2.44. The number of benzene rings is 1. The molecule has 1 N–H and O–H groups in total. The van der Waals surface area contributed by atoms with Crippen molar-refractivity contribution in [2.24, 2.45) is 17.8 Å². The minimum absolute atomic E-state index is 0.234. The SMILES string of the molecule is C=C(C)C(=O)OCc1cc(C2CCC(C3CCC(CCCCC)CC3)CC2)ccc1[Si](C)(C)CCCO. The summed E-state index contributed by atoms with van der Waals surface area (Å²) in [6, 6.07) is 8.08. The first-order chi connectivity index (χ1) is 17.7. The van der Waals surface area contributed by atoms with E-state index in [9.17, 15) is 9.90 Å². The Morgan fingerprint density at radius 3 is 2.24 bits per heavy atom. The summed E-state index contributed by atoms with van der Waals surface area (Å²) in [7, 11) is -1.74. The van der Waals surface area contributed by atoms with Gasteiger partial charge in [0.1, 0.15) is 6.61 Å². The molecular formula is C33H54O3Si. The number of aliphatic hydroxyl groups is 1. The van der Waals surface area contributed by atoms with Gasteiger partial charge in [-0.05, 0) is 86.7 Å². The molecule has 1 aromatic carbocycles. The summed E-state index contributed by atoms with van der Waals surface area (Å²) < 4.78 is 5.64. The minimum Gasteiger partial charge on any atom is -0.457 e. The summed E-state index contributed by atoms with van der Waals surface area (Å²) in [5.41, 5.74) is 3.04. The van der Waals surface area contributed by atoms with Gasteiger partial charge in [0.25, 0.3) is 0 Å². The molecule has 2 fully saturated rings. The van der Waals surface area contributed by atoms with Gasteiger partial charge in [-0.2, -0.15) is 0 Å². The quantitative estimate of drug-likeness (QED) is 0.122. The fourth-order valence-electron chi connectivity index (χ4n) is 7.12. The largest absolute Gasteiger partial charge is 0.457 e. The maximum atomic E-state index is 12.2. The maximum Gasteiger partial charge on any atom is 0.333 e. The molecule has 3 rings (SSSR count). The van der Waals surface area contributed by atoms with Gasteiger partial charge >= 0.3 is 5.97 Å². The summed E-state index contributed by atoms with van der Waals surface area (Å²) in [6.07, 6.45) is 17.7. The molecule has 0 amide bonds. The zero-order chi connectivity index (χ0) is 26.8. The molecule has 4 heteroatoms. The van der Waals surface area contributed by atoms with E-state index in [-0.39, 0.29) is 12.6 Å². The van der Waals surface area contributed by atoms with Crippen LogP contribution in [-0.4, -0.2) is 25.8 Å². The molecule has 0 radical (unpaired) electrons. The number of aliphatic hydroxyl groups excluding tert-OH is 1. The molecule has 0 aliphatic heterocycles. The molecular weight excluding hydrogens is 472 g/mol. The van der Waals surface area contributed by atoms with Crippen LogP contribution in [0, 0.1) is 17.8 Å². The molecule has 37 heavy (non-hydrogen) atoms. The lowest BCUT2D eigenvalue weighted by atomic mass is 9.68. The fourth-order valence-corrected chi connectivity index (χ4v) is 9.98. The minimum atomic E-state index is -1.74. The van der Waals surface area contributed by atoms with E-state index in [1.807, 2.05) is 0 Å². The van der Waals surface area contributed by atoms with Gasteiger partial charge < -0.3 is 9.84 Å². The van der Waals surface area contributed by atoms with Crippen molar-refractivity contribution in [3.05, 3.63) is 41.5 Å². The van der Waals surface area contributed by atoms with Crippen LogP contribution in [0.1, 0.15) is 114 Å². The Bertz CT molecular complexity index is 860. The Balaban J connectivity index is 1.62. The second-order valence-corrected chi connectivity index (χ2v) is 17.7. The van der Waals surface area contributed by atoms with E-state index >= 15 is 0 Å². The van der Waals surface area contributed by atoms with Gasteiger partial charge in [-0.1, -0.05) is 94.6 Å². The fraction of sp³-hybridized carbons (Fsp3) is 0.727. The number of hydrogen-bond acceptors (Lipinski definition) is 3. The highest BCUT2D eigenvalue weighted by molar-refractivity contribution is 6.90. The summed E-state index contributed by atoms with van der Waals surface area (Å²) in [6.45, 7) is 13.0. The Morgan fingerprint density at radius 2 is 1.65 bits per heavy atom. The molecule has 0 bridgehead atoms. The maximum absolute atomic E-state index is 12.2. The van der Waals surface area contributed by atoms with Crippen LogP contribution >= 0.6 is 0 Å². The molecule has 0 unspecified atom stereocenters. The van der Waals surface area contributed by atoms with Crippen LogP contribution in [-0.2, 0) is 16.1 Å². The molecule has 2 saturated carbocycles. The van der Waals surface area contributed by atoms with Crippen molar-refractivity contribution in [1.29, 1.82) is 0 Å². The summed E-state index contributed by atoms with van der Waals surface area (Å²) in [4.78, 5) is 12.2. The molecule has 2 aliphatic carbocycles. The Morgan fingerprint density at radius 1 is 1.00 bits per heavy atom. The van der Waals surface area contributed by atoms with Crippen molar-refractivity contribution in [3.63, 3.8) is 0 Å². The smallest absolute Gasteiger partial charge is 0.333 e. The van der Waals surface area contributed by atoms with Crippen molar-refractivity contribution in [2.45, 2.75) is 129 Å². The molecule has 3 nitrogen and oxygen atoms in total. The number of unbranched alkanes of at least 4 members (excludes halogenated alkanes) is 2. The predicted molar refractivity (Wildman–Crippen MR) is 159 cm³/mol. The van der Waals surface area contributed by atoms with Crippen molar-refractivity contribution < 1.29 is 14.6 Å². The second kappa shape index (κ2) is 14.7. The molecule has 0 atom stereocenters. The van der Waals surface area contributed by atoms with E-state index in [1.165, 1.54) is 93.4 Å². The van der Waals surface area contributed by atoms with Gasteiger partial charge in [-0.3, -0.25) is 0 Å². The third-order valence-corrected chi connectivity index (χ3v) is 13.1. The normalized spacial score (nSPS) is 24.6. The van der Waals surface area contributed by atoms with Crippen LogP contribution in [0.3, 0.4) is 0 Å². The van der Waals surface area contributed by atoms with E-state index in [2.05, 4.69) is 44.8 Å².